The van der Waals surface area contributed by atoms with Gasteiger partial charge in [0.1, 0.15) is 0 Å². The summed E-state index contributed by atoms with van der Waals surface area (Å²) in [6, 6.07) is 0.742. The molecule has 0 bridgehead atoms. The van der Waals surface area contributed by atoms with Gasteiger partial charge in [0.05, 0.1) is 6.54 Å². The van der Waals surface area contributed by atoms with Crippen molar-refractivity contribution in [3.05, 3.63) is 0 Å². The lowest BCUT2D eigenvalue weighted by Crippen LogP contribution is -2.48. The maximum absolute atomic E-state index is 12.1. The Morgan fingerprint density at radius 1 is 1.00 bits per heavy atom. The zero-order chi connectivity index (χ0) is 13.1. The fourth-order valence-electron chi connectivity index (χ4n) is 3.40. The number of likely N-dealkylation sites (tertiary alicyclic amines) is 2. The van der Waals surface area contributed by atoms with Crippen LogP contribution in [-0.4, -0.2) is 61.0 Å². The standard InChI is InChI=1S/C15H27N3O/c19-15(12-16-11-13-3-4-13)18-9-5-14(6-10-18)17-7-1-2-8-17/h13-14,16H,1-12H2. The van der Waals surface area contributed by atoms with Crippen LogP contribution in [-0.2, 0) is 4.79 Å². The molecule has 19 heavy (non-hydrogen) atoms. The molecule has 108 valence electrons. The van der Waals surface area contributed by atoms with E-state index in [1.54, 1.807) is 0 Å². The van der Waals surface area contributed by atoms with Gasteiger partial charge in [-0.2, -0.15) is 0 Å². The normalized spacial score (nSPS) is 26.0. The van der Waals surface area contributed by atoms with Crippen molar-refractivity contribution in [2.24, 2.45) is 5.92 Å². The van der Waals surface area contributed by atoms with E-state index in [9.17, 15) is 4.79 Å². The quantitative estimate of drug-likeness (QED) is 0.808. The van der Waals surface area contributed by atoms with E-state index in [4.69, 9.17) is 0 Å². The molecule has 1 N–H and O–H groups in total. The lowest BCUT2D eigenvalue weighted by molar-refractivity contribution is -0.131. The molecule has 1 saturated carbocycles. The van der Waals surface area contributed by atoms with Gasteiger partial charge in [-0.15, -0.1) is 0 Å². The molecule has 1 amide bonds. The third-order valence-electron chi connectivity index (χ3n) is 4.88. The van der Waals surface area contributed by atoms with Crippen molar-refractivity contribution in [2.45, 2.75) is 44.6 Å². The molecule has 2 saturated heterocycles. The molecular formula is C15H27N3O. The van der Waals surface area contributed by atoms with Crippen LogP contribution in [0.4, 0.5) is 0 Å². The highest BCUT2D eigenvalue weighted by molar-refractivity contribution is 5.78. The highest BCUT2D eigenvalue weighted by Gasteiger charge is 2.28. The lowest BCUT2D eigenvalue weighted by atomic mass is 10.0. The molecule has 0 spiro atoms. The maximum atomic E-state index is 12.1. The predicted molar refractivity (Wildman–Crippen MR) is 76.0 cm³/mol. The first-order chi connectivity index (χ1) is 9.33. The van der Waals surface area contributed by atoms with Gasteiger partial charge in [0.25, 0.3) is 0 Å². The largest absolute Gasteiger partial charge is 0.341 e. The first-order valence-corrected chi connectivity index (χ1v) is 8.05. The van der Waals surface area contributed by atoms with Crippen molar-refractivity contribution < 1.29 is 4.79 Å². The molecule has 2 aliphatic heterocycles. The maximum Gasteiger partial charge on any atom is 0.236 e. The highest BCUT2D eigenvalue weighted by atomic mass is 16.2. The van der Waals surface area contributed by atoms with Crippen LogP contribution in [0, 0.1) is 5.92 Å². The van der Waals surface area contributed by atoms with E-state index in [0.717, 1.165) is 31.6 Å². The average Bonchev–Trinajstić information content (AvgIpc) is 3.10. The van der Waals surface area contributed by atoms with Crippen LogP contribution in [0.25, 0.3) is 0 Å². The number of carbonyl (C=O) groups is 1. The van der Waals surface area contributed by atoms with E-state index in [0.29, 0.717) is 12.5 Å². The molecule has 1 aliphatic carbocycles. The van der Waals surface area contributed by atoms with Crippen molar-refractivity contribution in [2.75, 3.05) is 39.3 Å². The monoisotopic (exact) mass is 265 g/mol. The van der Waals surface area contributed by atoms with Gasteiger partial charge in [-0.25, -0.2) is 0 Å². The molecule has 0 radical (unpaired) electrons. The van der Waals surface area contributed by atoms with Crippen molar-refractivity contribution in [1.29, 1.82) is 0 Å². The van der Waals surface area contributed by atoms with Gasteiger partial charge in [0.15, 0.2) is 0 Å². The van der Waals surface area contributed by atoms with Gasteiger partial charge in [-0.3, -0.25) is 4.79 Å². The van der Waals surface area contributed by atoms with Crippen molar-refractivity contribution in [3.8, 4) is 0 Å². The Morgan fingerprint density at radius 3 is 2.32 bits per heavy atom. The van der Waals surface area contributed by atoms with Crippen LogP contribution in [0.2, 0.25) is 0 Å². The van der Waals surface area contributed by atoms with E-state index in [1.165, 1.54) is 51.6 Å². The lowest BCUT2D eigenvalue weighted by Gasteiger charge is -2.36. The van der Waals surface area contributed by atoms with Crippen LogP contribution in [0.15, 0.2) is 0 Å². The molecule has 0 aromatic rings. The number of rotatable bonds is 5. The topological polar surface area (TPSA) is 35.6 Å². The summed E-state index contributed by atoms with van der Waals surface area (Å²) >= 11 is 0. The zero-order valence-corrected chi connectivity index (χ0v) is 11.9. The third kappa shape index (κ3) is 3.69. The molecule has 4 nitrogen and oxygen atoms in total. The molecule has 3 fully saturated rings. The van der Waals surface area contributed by atoms with Gasteiger partial charge >= 0.3 is 0 Å². The summed E-state index contributed by atoms with van der Waals surface area (Å²) < 4.78 is 0. The van der Waals surface area contributed by atoms with E-state index < -0.39 is 0 Å². The number of carbonyl (C=O) groups excluding carboxylic acids is 1. The molecule has 0 unspecified atom stereocenters. The molecule has 0 aromatic heterocycles. The zero-order valence-electron chi connectivity index (χ0n) is 11.9. The molecule has 3 aliphatic rings. The fourth-order valence-corrected chi connectivity index (χ4v) is 3.40. The van der Waals surface area contributed by atoms with Gasteiger partial charge in [0.2, 0.25) is 5.91 Å². The minimum atomic E-state index is 0.306. The fraction of sp³-hybridized carbons (Fsp3) is 0.933. The Kier molecular flexibility index (Phi) is 4.38. The van der Waals surface area contributed by atoms with Gasteiger partial charge < -0.3 is 15.1 Å². The van der Waals surface area contributed by atoms with Crippen molar-refractivity contribution in [3.63, 3.8) is 0 Å². The van der Waals surface area contributed by atoms with Crippen LogP contribution in [0.5, 0.6) is 0 Å². The van der Waals surface area contributed by atoms with Crippen LogP contribution < -0.4 is 5.32 Å². The van der Waals surface area contributed by atoms with Crippen LogP contribution in [0.3, 0.4) is 0 Å². The van der Waals surface area contributed by atoms with E-state index in [-0.39, 0.29) is 0 Å². The van der Waals surface area contributed by atoms with Gasteiger partial charge in [-0.05, 0) is 64.1 Å². The molecular weight excluding hydrogens is 238 g/mol. The number of nitrogens with zero attached hydrogens (tertiary/aromatic N) is 2. The second-order valence-corrected chi connectivity index (χ2v) is 6.43. The molecule has 3 rings (SSSR count). The Hall–Kier alpha value is -0.610. The Labute approximate surface area is 116 Å². The SMILES string of the molecule is O=C(CNCC1CC1)N1CCC(N2CCCC2)CC1. The first-order valence-electron chi connectivity index (χ1n) is 8.05. The third-order valence-corrected chi connectivity index (χ3v) is 4.88. The van der Waals surface area contributed by atoms with E-state index in [1.807, 2.05) is 0 Å². The van der Waals surface area contributed by atoms with Gasteiger partial charge in [0, 0.05) is 19.1 Å². The summed E-state index contributed by atoms with van der Waals surface area (Å²) in [6.07, 6.45) is 7.78. The van der Waals surface area contributed by atoms with Crippen LogP contribution >= 0.6 is 0 Å². The highest BCUT2D eigenvalue weighted by Crippen LogP contribution is 2.27. The Balaban J connectivity index is 1.35. The molecule has 2 heterocycles. The van der Waals surface area contributed by atoms with E-state index in [2.05, 4.69) is 15.1 Å². The average molecular weight is 265 g/mol. The molecule has 4 heteroatoms. The number of piperidine rings is 1. The van der Waals surface area contributed by atoms with Crippen molar-refractivity contribution >= 4 is 5.91 Å². The summed E-state index contributed by atoms with van der Waals surface area (Å²) in [5.74, 6) is 1.16. The van der Waals surface area contributed by atoms with Gasteiger partial charge in [-0.1, -0.05) is 0 Å². The second-order valence-electron chi connectivity index (χ2n) is 6.43. The van der Waals surface area contributed by atoms with E-state index >= 15 is 0 Å². The summed E-state index contributed by atoms with van der Waals surface area (Å²) in [6.45, 7) is 6.07. The van der Waals surface area contributed by atoms with Crippen LogP contribution in [0.1, 0.15) is 38.5 Å². The Bertz CT molecular complexity index is 303. The summed E-state index contributed by atoms with van der Waals surface area (Å²) in [5, 5.41) is 3.31. The minimum absolute atomic E-state index is 0.306. The summed E-state index contributed by atoms with van der Waals surface area (Å²) in [5.41, 5.74) is 0. The summed E-state index contributed by atoms with van der Waals surface area (Å²) in [4.78, 5) is 16.8. The number of hydrogen-bond acceptors (Lipinski definition) is 3. The first kappa shape index (κ1) is 13.4. The predicted octanol–water partition coefficient (Wildman–Crippen LogP) is 1.07. The smallest absolute Gasteiger partial charge is 0.236 e. The number of amides is 1. The number of nitrogens with one attached hydrogen (secondary N) is 1. The van der Waals surface area contributed by atoms with Crippen molar-refractivity contribution in [1.82, 2.24) is 15.1 Å². The Morgan fingerprint density at radius 2 is 1.68 bits per heavy atom. The minimum Gasteiger partial charge on any atom is -0.341 e. The second kappa shape index (κ2) is 6.23. The summed E-state index contributed by atoms with van der Waals surface area (Å²) in [7, 11) is 0. The molecule has 0 atom stereocenters. The molecule has 0 aromatic carbocycles. The number of hydrogen-bond donors (Lipinski definition) is 1.